The first-order valence-corrected chi connectivity index (χ1v) is 5.19. The standard InChI is InChI=1S/C7H10N2O4S/c1-5-2-3-6(9(10)11)4-7(5)14(8,12)13/h2-4,12-13H,8H2,1H3/p-1. The molecule has 0 aliphatic heterocycles. The van der Waals surface area contributed by atoms with Gasteiger partial charge in [0, 0.05) is 17.0 Å². The van der Waals surface area contributed by atoms with Crippen LogP contribution in [0.3, 0.4) is 0 Å². The third-order valence-corrected chi connectivity index (χ3v) is 2.77. The molecule has 0 fully saturated rings. The molecule has 0 aliphatic carbocycles. The molecule has 6 nitrogen and oxygen atoms in total. The number of rotatable bonds is 2. The van der Waals surface area contributed by atoms with Crippen molar-refractivity contribution in [3.05, 3.63) is 33.9 Å². The normalized spacial score (nSPS) is 17.1. The fourth-order valence-electron chi connectivity index (χ4n) is 1.02. The Labute approximate surface area is 82.0 Å². The monoisotopic (exact) mass is 217 g/mol. The molecule has 14 heavy (non-hydrogen) atoms. The van der Waals surface area contributed by atoms with Gasteiger partial charge >= 0.3 is 0 Å². The molecule has 78 valence electrons. The molecule has 0 saturated carbocycles. The number of benzene rings is 1. The minimum Gasteiger partial charge on any atom is -0.751 e. The van der Waals surface area contributed by atoms with E-state index >= 15 is 0 Å². The maximum Gasteiger partial charge on any atom is 0.271 e. The Morgan fingerprint density at radius 1 is 1.57 bits per heavy atom. The SMILES string of the molecule is Cc1ccc([N+](=O)[O-])cc1S(N)([O-])O. The molecule has 1 aromatic carbocycles. The maximum absolute atomic E-state index is 11.1. The highest BCUT2D eigenvalue weighted by molar-refractivity contribution is 8.22. The third-order valence-electron chi connectivity index (χ3n) is 1.70. The van der Waals surface area contributed by atoms with Crippen LogP contribution in [0.1, 0.15) is 5.56 Å². The molecule has 0 aliphatic rings. The van der Waals surface area contributed by atoms with Gasteiger partial charge in [0.1, 0.15) is 0 Å². The van der Waals surface area contributed by atoms with Crippen LogP contribution in [0.15, 0.2) is 23.1 Å². The molecular weight excluding hydrogens is 208 g/mol. The second kappa shape index (κ2) is 3.54. The summed E-state index contributed by atoms with van der Waals surface area (Å²) in [4.78, 5) is 9.63. The summed E-state index contributed by atoms with van der Waals surface area (Å²) in [5.41, 5.74) is 0.198. The molecule has 0 amide bonds. The number of aryl methyl sites for hydroxylation is 1. The van der Waals surface area contributed by atoms with E-state index in [1.807, 2.05) is 0 Å². The Morgan fingerprint density at radius 3 is 2.57 bits per heavy atom. The number of hydrogen-bond acceptors (Lipinski definition) is 5. The number of hydrogen-bond donors (Lipinski definition) is 2. The molecule has 3 N–H and O–H groups in total. The number of non-ortho nitro benzene ring substituents is 1. The molecule has 0 spiro atoms. The summed E-state index contributed by atoms with van der Waals surface area (Å²) >= 11 is 0. The predicted molar refractivity (Wildman–Crippen MR) is 51.3 cm³/mol. The fraction of sp³-hybridized carbons (Fsp3) is 0.143. The smallest absolute Gasteiger partial charge is 0.271 e. The van der Waals surface area contributed by atoms with Crippen LogP contribution in [0, 0.1) is 17.0 Å². The van der Waals surface area contributed by atoms with Gasteiger partial charge in [-0.05, 0) is 12.5 Å². The number of nitro groups is 1. The molecule has 0 saturated heterocycles. The van der Waals surface area contributed by atoms with Gasteiger partial charge in [-0.15, -0.1) is 0 Å². The van der Waals surface area contributed by atoms with Gasteiger partial charge in [-0.2, -0.15) is 0 Å². The average molecular weight is 217 g/mol. The maximum atomic E-state index is 11.1. The molecule has 1 unspecified atom stereocenters. The second-order valence-electron chi connectivity index (χ2n) is 2.78. The Morgan fingerprint density at radius 2 is 2.14 bits per heavy atom. The van der Waals surface area contributed by atoms with Crippen LogP contribution in [-0.4, -0.2) is 14.0 Å². The topological polar surface area (TPSA) is 112 Å². The molecular formula is C7H9N2O4S-. The first kappa shape index (κ1) is 10.9. The van der Waals surface area contributed by atoms with E-state index in [2.05, 4.69) is 0 Å². The van der Waals surface area contributed by atoms with Crippen LogP contribution in [0.2, 0.25) is 0 Å². The fourth-order valence-corrected chi connectivity index (χ4v) is 1.84. The third kappa shape index (κ3) is 2.20. The summed E-state index contributed by atoms with van der Waals surface area (Å²) in [7, 11) is -3.64. The van der Waals surface area contributed by atoms with Gasteiger partial charge in [0.2, 0.25) is 0 Å². The molecule has 1 atom stereocenters. The first-order valence-electron chi connectivity index (χ1n) is 3.62. The van der Waals surface area contributed by atoms with Crippen molar-refractivity contribution in [3.8, 4) is 0 Å². The van der Waals surface area contributed by atoms with E-state index in [1.165, 1.54) is 12.1 Å². The van der Waals surface area contributed by atoms with Gasteiger partial charge in [0.05, 0.1) is 4.92 Å². The van der Waals surface area contributed by atoms with E-state index in [9.17, 15) is 14.7 Å². The van der Waals surface area contributed by atoms with Crippen molar-refractivity contribution in [1.82, 2.24) is 0 Å². The van der Waals surface area contributed by atoms with Gasteiger partial charge in [0.25, 0.3) is 5.69 Å². The van der Waals surface area contributed by atoms with Crippen molar-refractivity contribution < 1.29 is 14.0 Å². The zero-order chi connectivity index (χ0) is 10.9. The first-order chi connectivity index (χ1) is 6.32. The number of nitrogens with zero attached hydrogens (tertiary/aromatic N) is 1. The summed E-state index contributed by atoms with van der Waals surface area (Å²) in [6.07, 6.45) is 0. The lowest BCUT2D eigenvalue weighted by Crippen LogP contribution is -2.10. The van der Waals surface area contributed by atoms with Crippen molar-refractivity contribution >= 4 is 16.5 Å². The van der Waals surface area contributed by atoms with Crippen molar-refractivity contribution in [1.29, 1.82) is 0 Å². The Balaban J connectivity index is 3.29. The van der Waals surface area contributed by atoms with Crippen LogP contribution < -0.4 is 5.14 Å². The summed E-state index contributed by atoms with van der Waals surface area (Å²) in [5.74, 6) is 0. The van der Waals surface area contributed by atoms with E-state index in [1.54, 1.807) is 6.92 Å². The Kier molecular flexibility index (Phi) is 2.76. The lowest BCUT2D eigenvalue weighted by Gasteiger charge is -2.41. The van der Waals surface area contributed by atoms with Crippen LogP contribution in [0.5, 0.6) is 0 Å². The molecule has 1 aromatic rings. The number of nitrogens with two attached hydrogens (primary N) is 1. The highest BCUT2D eigenvalue weighted by Gasteiger charge is 2.12. The second-order valence-corrected chi connectivity index (χ2v) is 4.35. The minimum atomic E-state index is -3.64. The largest absolute Gasteiger partial charge is 0.751 e. The van der Waals surface area contributed by atoms with Gasteiger partial charge in [0.15, 0.2) is 0 Å². The van der Waals surface area contributed by atoms with Crippen molar-refractivity contribution in [3.63, 3.8) is 0 Å². The predicted octanol–water partition coefficient (Wildman–Crippen LogP) is 1.54. The highest BCUT2D eigenvalue weighted by Crippen LogP contribution is 2.42. The van der Waals surface area contributed by atoms with Crippen LogP contribution in [0.25, 0.3) is 0 Å². The van der Waals surface area contributed by atoms with E-state index < -0.39 is 15.7 Å². The zero-order valence-electron chi connectivity index (χ0n) is 7.34. The van der Waals surface area contributed by atoms with Gasteiger partial charge in [-0.3, -0.25) is 26.0 Å². The molecule has 7 heteroatoms. The van der Waals surface area contributed by atoms with E-state index in [0.29, 0.717) is 5.56 Å². The van der Waals surface area contributed by atoms with Crippen LogP contribution in [0.4, 0.5) is 5.69 Å². The quantitative estimate of drug-likeness (QED) is 0.576. The molecule has 0 heterocycles. The van der Waals surface area contributed by atoms with Gasteiger partial charge < -0.3 is 9.11 Å². The molecule has 0 radical (unpaired) electrons. The minimum absolute atomic E-state index is 0.105. The van der Waals surface area contributed by atoms with Crippen LogP contribution >= 0.6 is 10.8 Å². The van der Waals surface area contributed by atoms with Crippen molar-refractivity contribution in [2.75, 3.05) is 0 Å². The Hall–Kier alpha value is -1.15. The van der Waals surface area contributed by atoms with E-state index in [4.69, 9.17) is 9.69 Å². The summed E-state index contributed by atoms with van der Waals surface area (Å²) in [6, 6.07) is 3.65. The van der Waals surface area contributed by atoms with Crippen molar-refractivity contribution in [2.45, 2.75) is 11.8 Å². The highest BCUT2D eigenvalue weighted by atomic mass is 32.3. The van der Waals surface area contributed by atoms with Gasteiger partial charge in [-0.25, -0.2) is 0 Å². The van der Waals surface area contributed by atoms with E-state index in [-0.39, 0.29) is 10.6 Å². The molecule has 0 bridgehead atoms. The lowest BCUT2D eigenvalue weighted by molar-refractivity contribution is -0.385. The van der Waals surface area contributed by atoms with E-state index in [0.717, 1.165) is 6.07 Å². The van der Waals surface area contributed by atoms with Gasteiger partial charge in [-0.1, -0.05) is 6.07 Å². The van der Waals surface area contributed by atoms with Crippen LogP contribution in [-0.2, 0) is 0 Å². The van der Waals surface area contributed by atoms with Crippen molar-refractivity contribution in [2.24, 2.45) is 5.14 Å². The zero-order valence-corrected chi connectivity index (χ0v) is 8.15. The Bertz CT molecular complexity index is 374. The summed E-state index contributed by atoms with van der Waals surface area (Å²) < 4.78 is 20.2. The average Bonchev–Trinajstić information content (AvgIpc) is 2.02. The summed E-state index contributed by atoms with van der Waals surface area (Å²) in [6.45, 7) is 1.56. The number of nitro benzene ring substituents is 1. The molecule has 1 rings (SSSR count). The lowest BCUT2D eigenvalue weighted by atomic mass is 10.2. The molecule has 0 aromatic heterocycles. The summed E-state index contributed by atoms with van der Waals surface area (Å²) in [5, 5.41) is 15.4.